The van der Waals surface area contributed by atoms with E-state index in [1.807, 2.05) is 6.07 Å². The average molecular weight is 337 g/mol. The molecule has 0 saturated heterocycles. The van der Waals surface area contributed by atoms with Gasteiger partial charge in [0.15, 0.2) is 17.4 Å². The van der Waals surface area contributed by atoms with Crippen LogP contribution in [0.1, 0.15) is 16.1 Å². The number of halogens is 3. The van der Waals surface area contributed by atoms with E-state index in [2.05, 4.69) is 15.9 Å². The zero-order valence-corrected chi connectivity index (χ0v) is 11.6. The largest absolute Gasteiger partial charge is 0.453 e. The molecule has 0 saturated carbocycles. The second-order valence-corrected chi connectivity index (χ2v) is 5.07. The normalized spacial score (nSPS) is 10.9. The molecule has 0 radical (unpaired) electrons. The Morgan fingerprint density at radius 2 is 1.85 bits per heavy atom. The van der Waals surface area contributed by atoms with E-state index in [0.29, 0.717) is 5.58 Å². The van der Waals surface area contributed by atoms with Gasteiger partial charge in [-0.25, -0.2) is 8.78 Å². The van der Waals surface area contributed by atoms with Crippen molar-refractivity contribution in [1.82, 2.24) is 0 Å². The Kier molecular flexibility index (Phi) is 3.14. The van der Waals surface area contributed by atoms with Crippen molar-refractivity contribution in [2.24, 2.45) is 0 Å². The van der Waals surface area contributed by atoms with Gasteiger partial charge < -0.3 is 4.42 Å². The first-order valence-electron chi connectivity index (χ1n) is 5.74. The molecule has 0 N–H and O–H groups in total. The average Bonchev–Trinajstić information content (AvgIpc) is 2.86. The molecule has 20 heavy (non-hydrogen) atoms. The molecule has 0 fully saturated rings. The third-order valence-corrected chi connectivity index (χ3v) is 3.61. The van der Waals surface area contributed by atoms with Gasteiger partial charge >= 0.3 is 0 Å². The number of carbonyl (C=O) groups is 1. The molecule has 0 spiro atoms. The molecule has 0 bridgehead atoms. The van der Waals surface area contributed by atoms with Gasteiger partial charge in [-0.2, -0.15) is 0 Å². The molecule has 3 rings (SSSR count). The molecule has 0 atom stereocenters. The fourth-order valence-electron chi connectivity index (χ4n) is 1.92. The number of hydrogen-bond donors (Lipinski definition) is 0. The van der Waals surface area contributed by atoms with Gasteiger partial charge in [0.1, 0.15) is 5.58 Å². The summed E-state index contributed by atoms with van der Waals surface area (Å²) >= 11 is 3.36. The van der Waals surface area contributed by atoms with E-state index in [0.717, 1.165) is 22.0 Å². The summed E-state index contributed by atoms with van der Waals surface area (Å²) in [4.78, 5) is 12.2. The van der Waals surface area contributed by atoms with Crippen LogP contribution in [0.2, 0.25) is 0 Å². The van der Waals surface area contributed by atoms with Crippen LogP contribution in [0.25, 0.3) is 11.0 Å². The predicted octanol–water partition coefficient (Wildman–Crippen LogP) is 4.70. The van der Waals surface area contributed by atoms with E-state index >= 15 is 0 Å². The number of benzene rings is 2. The Morgan fingerprint density at radius 3 is 2.55 bits per heavy atom. The maximum atomic E-state index is 13.2. The van der Waals surface area contributed by atoms with Gasteiger partial charge in [-0.05, 0) is 36.4 Å². The highest BCUT2D eigenvalue weighted by molar-refractivity contribution is 9.10. The lowest BCUT2D eigenvalue weighted by Gasteiger charge is -1.98. The standard InChI is InChI=1S/C15H7BrF2O2/c16-10-2-1-3-13-9(10)7-14(20-13)15(19)8-4-5-11(17)12(18)6-8/h1-7H. The van der Waals surface area contributed by atoms with Crippen LogP contribution in [0.5, 0.6) is 0 Å². The molecule has 5 heteroatoms. The van der Waals surface area contributed by atoms with Crippen molar-refractivity contribution in [3.63, 3.8) is 0 Å². The number of rotatable bonds is 2. The van der Waals surface area contributed by atoms with E-state index in [1.165, 1.54) is 6.07 Å². The fourth-order valence-corrected chi connectivity index (χ4v) is 2.38. The summed E-state index contributed by atoms with van der Waals surface area (Å²) in [5.41, 5.74) is 0.587. The fraction of sp³-hybridized carbons (Fsp3) is 0. The molecule has 0 aliphatic heterocycles. The van der Waals surface area contributed by atoms with E-state index in [4.69, 9.17) is 4.42 Å². The molecule has 0 unspecified atom stereocenters. The molecule has 0 aliphatic rings. The summed E-state index contributed by atoms with van der Waals surface area (Å²) in [5.74, 6) is -2.47. The molecule has 0 aliphatic carbocycles. The molecule has 2 nitrogen and oxygen atoms in total. The van der Waals surface area contributed by atoms with Crippen LogP contribution in [0.4, 0.5) is 8.78 Å². The quantitative estimate of drug-likeness (QED) is 0.634. The summed E-state index contributed by atoms with van der Waals surface area (Å²) in [6.07, 6.45) is 0. The molecular weight excluding hydrogens is 330 g/mol. The number of carbonyl (C=O) groups excluding carboxylic acids is 1. The highest BCUT2D eigenvalue weighted by Gasteiger charge is 2.17. The minimum Gasteiger partial charge on any atom is -0.453 e. The predicted molar refractivity (Wildman–Crippen MR) is 73.7 cm³/mol. The second kappa shape index (κ2) is 4.83. The van der Waals surface area contributed by atoms with Gasteiger partial charge in [-0.1, -0.05) is 22.0 Å². The van der Waals surface area contributed by atoms with Crippen LogP contribution >= 0.6 is 15.9 Å². The third kappa shape index (κ3) is 2.14. The van der Waals surface area contributed by atoms with Crippen LogP contribution in [0.15, 0.2) is 51.4 Å². The Balaban J connectivity index is 2.08. The summed E-state index contributed by atoms with van der Waals surface area (Å²) in [5, 5.41) is 0.749. The Hall–Kier alpha value is -2.01. The van der Waals surface area contributed by atoms with Crippen molar-refractivity contribution in [3.8, 4) is 0 Å². The topological polar surface area (TPSA) is 30.2 Å². The molecule has 3 aromatic rings. The Morgan fingerprint density at radius 1 is 1.05 bits per heavy atom. The lowest BCUT2D eigenvalue weighted by atomic mass is 10.1. The Labute approximate surface area is 121 Å². The lowest BCUT2D eigenvalue weighted by molar-refractivity contribution is 0.101. The van der Waals surface area contributed by atoms with Gasteiger partial charge in [0, 0.05) is 15.4 Å². The monoisotopic (exact) mass is 336 g/mol. The van der Waals surface area contributed by atoms with Crippen LogP contribution in [-0.2, 0) is 0 Å². The second-order valence-electron chi connectivity index (χ2n) is 4.22. The van der Waals surface area contributed by atoms with Gasteiger partial charge in [0.25, 0.3) is 0 Å². The summed E-state index contributed by atoms with van der Waals surface area (Å²) in [6.45, 7) is 0. The molecule has 0 amide bonds. The highest BCUT2D eigenvalue weighted by Crippen LogP contribution is 2.28. The minimum absolute atomic E-state index is 0.0408. The Bertz CT molecular complexity index is 824. The maximum absolute atomic E-state index is 13.2. The smallest absolute Gasteiger partial charge is 0.228 e. The summed E-state index contributed by atoms with van der Waals surface area (Å²) in [7, 11) is 0. The molecule has 1 aromatic heterocycles. The molecule has 1 heterocycles. The summed E-state index contributed by atoms with van der Waals surface area (Å²) < 4.78 is 32.3. The van der Waals surface area contributed by atoms with Gasteiger partial charge in [-0.3, -0.25) is 4.79 Å². The number of ketones is 1. The first-order chi connectivity index (χ1) is 9.56. The van der Waals surface area contributed by atoms with Crippen molar-refractivity contribution in [3.05, 3.63) is 69.9 Å². The van der Waals surface area contributed by atoms with E-state index in [9.17, 15) is 13.6 Å². The van der Waals surface area contributed by atoms with Crippen molar-refractivity contribution in [2.75, 3.05) is 0 Å². The maximum Gasteiger partial charge on any atom is 0.228 e. The SMILES string of the molecule is O=C(c1ccc(F)c(F)c1)c1cc2c(Br)cccc2o1. The number of fused-ring (bicyclic) bond motifs is 1. The van der Waals surface area contributed by atoms with E-state index in [1.54, 1.807) is 18.2 Å². The molecular formula is C15H7BrF2O2. The van der Waals surface area contributed by atoms with Crippen molar-refractivity contribution in [2.45, 2.75) is 0 Å². The minimum atomic E-state index is -1.06. The van der Waals surface area contributed by atoms with Crippen molar-refractivity contribution >= 4 is 32.7 Å². The van der Waals surface area contributed by atoms with Crippen LogP contribution in [-0.4, -0.2) is 5.78 Å². The van der Waals surface area contributed by atoms with Crippen LogP contribution in [0, 0.1) is 11.6 Å². The molecule has 2 aromatic carbocycles. The van der Waals surface area contributed by atoms with Gasteiger partial charge in [-0.15, -0.1) is 0 Å². The van der Waals surface area contributed by atoms with E-state index in [-0.39, 0.29) is 11.3 Å². The number of furan rings is 1. The van der Waals surface area contributed by atoms with Gasteiger partial charge in [0.2, 0.25) is 5.78 Å². The first kappa shape index (κ1) is 13.0. The van der Waals surface area contributed by atoms with Crippen molar-refractivity contribution < 1.29 is 18.0 Å². The highest BCUT2D eigenvalue weighted by atomic mass is 79.9. The summed E-state index contributed by atoms with van der Waals surface area (Å²) in [6, 6.07) is 9.90. The molecule has 100 valence electrons. The zero-order chi connectivity index (χ0) is 14.3. The van der Waals surface area contributed by atoms with Crippen LogP contribution < -0.4 is 0 Å². The van der Waals surface area contributed by atoms with Crippen LogP contribution in [0.3, 0.4) is 0 Å². The third-order valence-electron chi connectivity index (χ3n) is 2.91. The first-order valence-corrected chi connectivity index (χ1v) is 6.53. The van der Waals surface area contributed by atoms with E-state index < -0.39 is 17.4 Å². The zero-order valence-electron chi connectivity index (χ0n) is 9.99. The van der Waals surface area contributed by atoms with Crippen molar-refractivity contribution in [1.29, 1.82) is 0 Å². The van der Waals surface area contributed by atoms with Gasteiger partial charge in [0.05, 0.1) is 0 Å². The lowest BCUT2D eigenvalue weighted by Crippen LogP contribution is -2.00. The number of hydrogen-bond acceptors (Lipinski definition) is 2.